The van der Waals surface area contributed by atoms with E-state index in [2.05, 4.69) is 31.0 Å². The fourth-order valence-electron chi connectivity index (χ4n) is 1.53. The van der Waals surface area contributed by atoms with Gasteiger partial charge in [-0.1, -0.05) is 20.8 Å². The molecule has 0 rings (SSSR count). The smallest absolute Gasteiger partial charge is 0.324 e. The van der Waals surface area contributed by atoms with E-state index in [1.165, 1.54) is 7.11 Å². The van der Waals surface area contributed by atoms with Crippen LogP contribution in [0.2, 0.25) is 0 Å². The Kier molecular flexibility index (Phi) is 6.72. The van der Waals surface area contributed by atoms with Crippen molar-refractivity contribution < 1.29 is 9.53 Å². The first-order valence-electron chi connectivity index (χ1n) is 6.29. The molecule has 17 heavy (non-hydrogen) atoms. The van der Waals surface area contributed by atoms with Crippen LogP contribution in [-0.4, -0.2) is 49.2 Å². The van der Waals surface area contributed by atoms with Gasteiger partial charge in [-0.2, -0.15) is 0 Å². The van der Waals surface area contributed by atoms with Crippen LogP contribution < -0.4 is 5.32 Å². The topological polar surface area (TPSA) is 41.6 Å². The van der Waals surface area contributed by atoms with Gasteiger partial charge in [0.15, 0.2) is 0 Å². The van der Waals surface area contributed by atoms with Crippen LogP contribution in [0.5, 0.6) is 0 Å². The number of rotatable bonds is 7. The summed E-state index contributed by atoms with van der Waals surface area (Å²) in [6.45, 7) is 11.2. The van der Waals surface area contributed by atoms with Gasteiger partial charge in [0.05, 0.1) is 7.11 Å². The van der Waals surface area contributed by atoms with E-state index in [1.807, 2.05) is 20.9 Å². The molecule has 4 nitrogen and oxygen atoms in total. The van der Waals surface area contributed by atoms with E-state index in [4.69, 9.17) is 4.74 Å². The standard InChI is InChI=1S/C13H28N2O2/c1-8-13(4,5)15(6)9-11(12(16)17-7)14-10(2)3/h10-11,14H,8-9H2,1-7H3. The molecule has 1 N–H and O–H groups in total. The monoisotopic (exact) mass is 244 g/mol. The van der Waals surface area contributed by atoms with E-state index in [1.54, 1.807) is 0 Å². The Morgan fingerprint density at radius 1 is 1.41 bits per heavy atom. The van der Waals surface area contributed by atoms with Crippen molar-refractivity contribution in [2.75, 3.05) is 20.7 Å². The van der Waals surface area contributed by atoms with Crippen molar-refractivity contribution in [3.05, 3.63) is 0 Å². The predicted octanol–water partition coefficient (Wildman–Crippen LogP) is 1.65. The second-order valence-electron chi connectivity index (χ2n) is 5.44. The van der Waals surface area contributed by atoms with Gasteiger partial charge in [0.25, 0.3) is 0 Å². The first kappa shape index (κ1) is 16.4. The third-order valence-corrected chi connectivity index (χ3v) is 3.38. The third-order valence-electron chi connectivity index (χ3n) is 3.38. The molecule has 102 valence electrons. The van der Waals surface area contributed by atoms with E-state index in [9.17, 15) is 4.79 Å². The Hall–Kier alpha value is -0.610. The van der Waals surface area contributed by atoms with E-state index in [-0.39, 0.29) is 23.6 Å². The number of nitrogens with zero attached hydrogens (tertiary/aromatic N) is 1. The first-order valence-corrected chi connectivity index (χ1v) is 6.29. The second-order valence-corrected chi connectivity index (χ2v) is 5.44. The molecule has 0 amide bonds. The summed E-state index contributed by atoms with van der Waals surface area (Å²) in [6, 6.07) is -0.00642. The van der Waals surface area contributed by atoms with Crippen LogP contribution in [-0.2, 0) is 9.53 Å². The second kappa shape index (κ2) is 6.97. The number of carbonyl (C=O) groups is 1. The number of nitrogens with one attached hydrogen (secondary N) is 1. The molecule has 0 aromatic rings. The minimum atomic E-state index is -0.268. The summed E-state index contributed by atoms with van der Waals surface area (Å²) in [4.78, 5) is 13.9. The lowest BCUT2D eigenvalue weighted by atomic mass is 9.99. The fourth-order valence-corrected chi connectivity index (χ4v) is 1.53. The average molecular weight is 244 g/mol. The zero-order valence-corrected chi connectivity index (χ0v) is 12.3. The molecule has 0 aromatic carbocycles. The van der Waals surface area contributed by atoms with E-state index < -0.39 is 0 Å². The number of methoxy groups -OCH3 is 1. The van der Waals surface area contributed by atoms with Crippen molar-refractivity contribution in [3.8, 4) is 0 Å². The Balaban J connectivity index is 4.58. The Labute approximate surface area is 106 Å². The fraction of sp³-hybridized carbons (Fsp3) is 0.923. The highest BCUT2D eigenvalue weighted by atomic mass is 16.5. The predicted molar refractivity (Wildman–Crippen MR) is 71.1 cm³/mol. The van der Waals surface area contributed by atoms with Crippen molar-refractivity contribution >= 4 is 5.97 Å². The Bertz CT molecular complexity index is 240. The highest BCUT2D eigenvalue weighted by Crippen LogP contribution is 2.16. The zero-order chi connectivity index (χ0) is 13.6. The van der Waals surface area contributed by atoms with Crippen molar-refractivity contribution in [1.82, 2.24) is 10.2 Å². The maximum Gasteiger partial charge on any atom is 0.324 e. The molecule has 1 unspecified atom stereocenters. The summed E-state index contributed by atoms with van der Waals surface area (Å²) < 4.78 is 4.83. The molecule has 0 saturated carbocycles. The van der Waals surface area contributed by atoms with Crippen LogP contribution in [0, 0.1) is 0 Å². The van der Waals surface area contributed by atoms with E-state index in [0.29, 0.717) is 6.54 Å². The number of hydrogen-bond acceptors (Lipinski definition) is 4. The van der Waals surface area contributed by atoms with Crippen LogP contribution >= 0.6 is 0 Å². The quantitative estimate of drug-likeness (QED) is 0.691. The number of hydrogen-bond donors (Lipinski definition) is 1. The Morgan fingerprint density at radius 3 is 2.29 bits per heavy atom. The van der Waals surface area contributed by atoms with Gasteiger partial charge in [-0.3, -0.25) is 9.69 Å². The summed E-state index contributed by atoms with van der Waals surface area (Å²) in [5.74, 6) is -0.197. The summed E-state index contributed by atoms with van der Waals surface area (Å²) in [5, 5.41) is 3.24. The molecule has 1 atom stereocenters. The molecule has 0 spiro atoms. The highest BCUT2D eigenvalue weighted by Gasteiger charge is 2.28. The lowest BCUT2D eigenvalue weighted by Gasteiger charge is -2.37. The van der Waals surface area contributed by atoms with Gasteiger partial charge in [-0.15, -0.1) is 0 Å². The molecule has 0 bridgehead atoms. The van der Waals surface area contributed by atoms with Crippen LogP contribution in [0.25, 0.3) is 0 Å². The number of carbonyl (C=O) groups excluding carboxylic acids is 1. The molecule has 0 aliphatic heterocycles. The highest BCUT2D eigenvalue weighted by molar-refractivity contribution is 5.76. The first-order chi connectivity index (χ1) is 7.74. The molecule has 0 aromatic heterocycles. The summed E-state index contributed by atoms with van der Waals surface area (Å²) in [6.07, 6.45) is 1.04. The van der Waals surface area contributed by atoms with Crippen molar-refractivity contribution in [3.63, 3.8) is 0 Å². The van der Waals surface area contributed by atoms with Gasteiger partial charge in [0.1, 0.15) is 6.04 Å². The van der Waals surface area contributed by atoms with Gasteiger partial charge < -0.3 is 10.1 Å². The molecule has 0 saturated heterocycles. The van der Waals surface area contributed by atoms with Gasteiger partial charge in [0, 0.05) is 18.1 Å². The van der Waals surface area contributed by atoms with Crippen LogP contribution in [0.3, 0.4) is 0 Å². The van der Waals surface area contributed by atoms with Gasteiger partial charge in [-0.25, -0.2) is 0 Å². The molecule has 4 heteroatoms. The number of esters is 1. The molecule has 0 heterocycles. The maximum atomic E-state index is 11.7. The molecule has 0 aliphatic rings. The summed E-state index contributed by atoms with van der Waals surface area (Å²) in [7, 11) is 3.48. The minimum Gasteiger partial charge on any atom is -0.468 e. The Morgan fingerprint density at radius 2 is 1.94 bits per heavy atom. The lowest BCUT2D eigenvalue weighted by molar-refractivity contribution is -0.144. The van der Waals surface area contributed by atoms with Crippen LogP contribution in [0.4, 0.5) is 0 Å². The van der Waals surface area contributed by atoms with Crippen LogP contribution in [0.1, 0.15) is 41.0 Å². The van der Waals surface area contributed by atoms with Crippen molar-refractivity contribution in [2.45, 2.75) is 58.7 Å². The lowest BCUT2D eigenvalue weighted by Crippen LogP contribution is -2.53. The SMILES string of the molecule is CCC(C)(C)N(C)CC(NC(C)C)C(=O)OC. The molecular weight excluding hydrogens is 216 g/mol. The van der Waals surface area contributed by atoms with Crippen molar-refractivity contribution in [2.24, 2.45) is 0 Å². The van der Waals surface area contributed by atoms with E-state index in [0.717, 1.165) is 6.42 Å². The number of likely N-dealkylation sites (N-methyl/N-ethyl adjacent to an activating group) is 1. The largest absolute Gasteiger partial charge is 0.468 e. The third kappa shape index (κ3) is 5.50. The number of ether oxygens (including phenoxy) is 1. The zero-order valence-electron chi connectivity index (χ0n) is 12.3. The summed E-state index contributed by atoms with van der Waals surface area (Å²) >= 11 is 0. The molecule has 0 fully saturated rings. The van der Waals surface area contributed by atoms with Gasteiger partial charge in [0.2, 0.25) is 0 Å². The normalized spacial score (nSPS) is 14.2. The van der Waals surface area contributed by atoms with E-state index >= 15 is 0 Å². The minimum absolute atomic E-state index is 0.0882. The molecule has 0 aliphatic carbocycles. The molecular formula is C13H28N2O2. The van der Waals surface area contributed by atoms with Gasteiger partial charge in [-0.05, 0) is 27.3 Å². The van der Waals surface area contributed by atoms with Crippen molar-refractivity contribution in [1.29, 1.82) is 0 Å². The summed E-state index contributed by atoms with van der Waals surface area (Å²) in [5.41, 5.74) is 0.0882. The molecule has 0 radical (unpaired) electrons. The average Bonchev–Trinajstić information content (AvgIpc) is 2.26. The maximum absolute atomic E-state index is 11.7. The van der Waals surface area contributed by atoms with Crippen LogP contribution in [0.15, 0.2) is 0 Å². The van der Waals surface area contributed by atoms with Gasteiger partial charge >= 0.3 is 5.97 Å².